The number of hydrogen-bond acceptors (Lipinski definition) is 1. The molecule has 0 radical (unpaired) electrons. The number of aliphatic hydroxyl groups is 1. The van der Waals surface area contributed by atoms with E-state index >= 15 is 0 Å². The van der Waals surface area contributed by atoms with Crippen molar-refractivity contribution in [1.29, 1.82) is 0 Å². The lowest BCUT2D eigenvalue weighted by Crippen LogP contribution is -1.95. The summed E-state index contributed by atoms with van der Waals surface area (Å²) in [6.07, 6.45) is 14.5. The van der Waals surface area contributed by atoms with Gasteiger partial charge >= 0.3 is 0 Å². The molecule has 0 aromatic rings. The Bertz CT molecular complexity index is 338. The van der Waals surface area contributed by atoms with Gasteiger partial charge in [-0.3, -0.25) is 0 Å². The van der Waals surface area contributed by atoms with Crippen LogP contribution in [0.25, 0.3) is 0 Å². The van der Waals surface area contributed by atoms with Crippen molar-refractivity contribution in [3.63, 3.8) is 0 Å². The van der Waals surface area contributed by atoms with Gasteiger partial charge in [-0.1, -0.05) is 36.5 Å². The highest BCUT2D eigenvalue weighted by Gasteiger charge is 2.09. The van der Waals surface area contributed by atoms with Gasteiger partial charge in [0.05, 0.1) is 0 Å². The Morgan fingerprint density at radius 2 is 2.00 bits per heavy atom. The van der Waals surface area contributed by atoms with Crippen molar-refractivity contribution in [1.82, 2.24) is 0 Å². The van der Waals surface area contributed by atoms with Crippen molar-refractivity contribution < 1.29 is 5.11 Å². The number of allylic oxidation sites excluding steroid dienone is 9. The summed E-state index contributed by atoms with van der Waals surface area (Å²) in [5, 5.41) is 9.50. The molecule has 1 heteroatoms. The van der Waals surface area contributed by atoms with Crippen LogP contribution < -0.4 is 0 Å². The second kappa shape index (κ2) is 2.86. The molecule has 2 aliphatic carbocycles. The fourth-order valence-electron chi connectivity index (χ4n) is 1.40. The first kappa shape index (κ1) is 7.17. The van der Waals surface area contributed by atoms with E-state index in [2.05, 4.69) is 0 Å². The van der Waals surface area contributed by atoms with E-state index in [4.69, 9.17) is 0 Å². The molecular weight excluding hydrogens is 148 g/mol. The Hall–Kier alpha value is -1.50. The summed E-state index contributed by atoms with van der Waals surface area (Å²) >= 11 is 0. The minimum Gasteiger partial charge on any atom is -0.507 e. The molecule has 1 N–H and O–H groups in total. The molecule has 0 bridgehead atoms. The van der Waals surface area contributed by atoms with E-state index in [1.807, 2.05) is 36.5 Å². The van der Waals surface area contributed by atoms with Gasteiger partial charge in [-0.15, -0.1) is 0 Å². The lowest BCUT2D eigenvalue weighted by Gasteiger charge is -2.10. The molecule has 0 aromatic heterocycles. The van der Waals surface area contributed by atoms with Crippen LogP contribution in [0.4, 0.5) is 0 Å². The lowest BCUT2D eigenvalue weighted by molar-refractivity contribution is 0.426. The molecule has 0 heterocycles. The average molecular weight is 158 g/mol. The zero-order chi connectivity index (χ0) is 8.39. The number of rotatable bonds is 0. The SMILES string of the molecule is OC1=C2C=CC=CC=C2CC=C1. The minimum absolute atomic E-state index is 0.368. The lowest BCUT2D eigenvalue weighted by atomic mass is 9.97. The summed E-state index contributed by atoms with van der Waals surface area (Å²) in [5.41, 5.74) is 2.13. The van der Waals surface area contributed by atoms with E-state index in [-0.39, 0.29) is 0 Å². The first-order valence-electron chi connectivity index (χ1n) is 4.02. The fraction of sp³-hybridized carbons (Fsp3) is 0.0909. The zero-order valence-corrected chi connectivity index (χ0v) is 6.70. The Labute approximate surface area is 71.7 Å². The number of hydrogen-bond donors (Lipinski definition) is 1. The van der Waals surface area contributed by atoms with Crippen molar-refractivity contribution in [3.05, 3.63) is 59.4 Å². The summed E-state index contributed by atoms with van der Waals surface area (Å²) < 4.78 is 0. The van der Waals surface area contributed by atoms with Crippen molar-refractivity contribution in [2.45, 2.75) is 6.42 Å². The Kier molecular flexibility index (Phi) is 1.71. The number of aliphatic hydroxyl groups excluding tert-OH is 1. The third-order valence-electron chi connectivity index (χ3n) is 2.02. The maximum absolute atomic E-state index is 9.50. The molecule has 12 heavy (non-hydrogen) atoms. The molecule has 0 atom stereocenters. The molecule has 0 fully saturated rings. The second-order valence-corrected chi connectivity index (χ2v) is 2.84. The van der Waals surface area contributed by atoms with Crippen LogP contribution in [0.3, 0.4) is 0 Å². The van der Waals surface area contributed by atoms with Gasteiger partial charge in [0.2, 0.25) is 0 Å². The highest BCUT2D eigenvalue weighted by Crippen LogP contribution is 2.25. The van der Waals surface area contributed by atoms with Gasteiger partial charge in [-0.05, 0) is 18.1 Å². The number of fused-ring (bicyclic) bond motifs is 1. The summed E-state index contributed by atoms with van der Waals surface area (Å²) in [7, 11) is 0. The molecule has 0 saturated carbocycles. The Balaban J connectivity index is 2.52. The van der Waals surface area contributed by atoms with Crippen LogP contribution in [-0.2, 0) is 0 Å². The largest absolute Gasteiger partial charge is 0.507 e. The van der Waals surface area contributed by atoms with Crippen LogP contribution in [-0.4, -0.2) is 5.11 Å². The summed E-state index contributed by atoms with van der Waals surface area (Å²) in [6.45, 7) is 0. The molecule has 1 nitrogen and oxygen atoms in total. The van der Waals surface area contributed by atoms with E-state index in [9.17, 15) is 5.11 Å². The van der Waals surface area contributed by atoms with Gasteiger partial charge in [-0.25, -0.2) is 0 Å². The highest BCUT2D eigenvalue weighted by atomic mass is 16.3. The maximum Gasteiger partial charge on any atom is 0.122 e. The van der Waals surface area contributed by atoms with E-state index in [1.165, 1.54) is 5.57 Å². The van der Waals surface area contributed by atoms with Crippen molar-refractivity contribution >= 4 is 0 Å². The minimum atomic E-state index is 0.368. The molecule has 0 saturated heterocycles. The van der Waals surface area contributed by atoms with Crippen LogP contribution in [0.15, 0.2) is 59.4 Å². The monoisotopic (exact) mass is 158 g/mol. The normalized spacial score (nSPS) is 20.5. The van der Waals surface area contributed by atoms with E-state index in [0.717, 1.165) is 12.0 Å². The molecule has 0 unspecified atom stereocenters. The first-order valence-corrected chi connectivity index (χ1v) is 4.02. The predicted octanol–water partition coefficient (Wildman–Crippen LogP) is 2.81. The summed E-state index contributed by atoms with van der Waals surface area (Å²) in [5.74, 6) is 0.368. The maximum atomic E-state index is 9.50. The van der Waals surface area contributed by atoms with Crippen LogP contribution in [0, 0.1) is 0 Å². The predicted molar refractivity (Wildman–Crippen MR) is 49.8 cm³/mol. The van der Waals surface area contributed by atoms with E-state index < -0.39 is 0 Å². The van der Waals surface area contributed by atoms with Gasteiger partial charge < -0.3 is 5.11 Å². The first-order chi connectivity index (χ1) is 5.88. The highest BCUT2D eigenvalue weighted by molar-refractivity contribution is 5.51. The molecule has 0 aliphatic heterocycles. The smallest absolute Gasteiger partial charge is 0.122 e. The Morgan fingerprint density at radius 3 is 2.92 bits per heavy atom. The van der Waals surface area contributed by atoms with Gasteiger partial charge in [0.15, 0.2) is 0 Å². The van der Waals surface area contributed by atoms with Crippen LogP contribution in [0.2, 0.25) is 0 Å². The summed E-state index contributed by atoms with van der Waals surface area (Å²) in [6, 6.07) is 0. The molecule has 60 valence electrons. The molecule has 2 rings (SSSR count). The van der Waals surface area contributed by atoms with E-state index in [1.54, 1.807) is 6.08 Å². The molecule has 2 aliphatic rings. The van der Waals surface area contributed by atoms with Crippen molar-refractivity contribution in [3.8, 4) is 0 Å². The Morgan fingerprint density at radius 1 is 1.08 bits per heavy atom. The van der Waals surface area contributed by atoms with Crippen LogP contribution >= 0.6 is 0 Å². The van der Waals surface area contributed by atoms with Crippen molar-refractivity contribution in [2.24, 2.45) is 0 Å². The average Bonchev–Trinajstić information content (AvgIpc) is 2.30. The quantitative estimate of drug-likeness (QED) is 0.574. The van der Waals surface area contributed by atoms with E-state index in [0.29, 0.717) is 5.76 Å². The van der Waals surface area contributed by atoms with Crippen LogP contribution in [0.5, 0.6) is 0 Å². The summed E-state index contributed by atoms with van der Waals surface area (Å²) in [4.78, 5) is 0. The third kappa shape index (κ3) is 1.14. The topological polar surface area (TPSA) is 20.2 Å². The standard InChI is InChI=1S/C11H10O/c12-11-8-4-6-9-5-2-1-3-7-10(9)11/h1-5,7-8,12H,6H2. The zero-order valence-electron chi connectivity index (χ0n) is 6.70. The fourth-order valence-corrected chi connectivity index (χ4v) is 1.40. The van der Waals surface area contributed by atoms with Gasteiger partial charge in [0.1, 0.15) is 5.76 Å². The van der Waals surface area contributed by atoms with Gasteiger partial charge in [0, 0.05) is 5.57 Å². The van der Waals surface area contributed by atoms with Crippen LogP contribution in [0.1, 0.15) is 6.42 Å². The third-order valence-corrected chi connectivity index (χ3v) is 2.02. The molecule has 0 spiro atoms. The molecular formula is C11H10O. The molecule has 0 amide bonds. The van der Waals surface area contributed by atoms with Gasteiger partial charge in [-0.2, -0.15) is 0 Å². The van der Waals surface area contributed by atoms with Crippen molar-refractivity contribution in [2.75, 3.05) is 0 Å². The second-order valence-electron chi connectivity index (χ2n) is 2.84. The molecule has 0 aromatic carbocycles. The van der Waals surface area contributed by atoms with Gasteiger partial charge in [0.25, 0.3) is 0 Å².